The second kappa shape index (κ2) is 7.60. The lowest BCUT2D eigenvalue weighted by Gasteiger charge is -2.31. The number of anilines is 2. The molecule has 2 nitrogen and oxygen atoms in total. The normalized spacial score (nSPS) is 10.6. The first-order valence-corrected chi connectivity index (χ1v) is 8.74. The molecule has 0 saturated carbocycles. The summed E-state index contributed by atoms with van der Waals surface area (Å²) >= 11 is 5.47. The lowest BCUT2D eigenvalue weighted by atomic mass is 9.99. The van der Waals surface area contributed by atoms with Crippen LogP contribution in [0.3, 0.4) is 0 Å². The lowest BCUT2D eigenvalue weighted by Crippen LogP contribution is -2.34. The minimum atomic E-state index is 0.407. The molecule has 0 spiro atoms. The van der Waals surface area contributed by atoms with E-state index in [0.29, 0.717) is 5.11 Å². The Balaban J connectivity index is 2.79. The van der Waals surface area contributed by atoms with Crippen LogP contribution in [0.1, 0.15) is 43.0 Å². The van der Waals surface area contributed by atoms with Gasteiger partial charge in [-0.3, -0.25) is 4.90 Å². The number of benzene rings is 2. The van der Waals surface area contributed by atoms with E-state index in [1.54, 1.807) is 0 Å². The third-order valence-corrected chi connectivity index (χ3v) is 4.52. The number of aryl methyl sites for hydroxylation is 4. The molecule has 2 rings (SSSR count). The molecule has 122 valence electrons. The van der Waals surface area contributed by atoms with E-state index < -0.39 is 0 Å². The van der Waals surface area contributed by atoms with Crippen molar-refractivity contribution in [1.29, 1.82) is 0 Å². The van der Waals surface area contributed by atoms with Crippen molar-refractivity contribution in [3.8, 4) is 0 Å². The quantitative estimate of drug-likeness (QED) is 0.778. The monoisotopic (exact) mass is 326 g/mol. The van der Waals surface area contributed by atoms with Crippen LogP contribution in [0.15, 0.2) is 36.4 Å². The molecule has 2 aromatic carbocycles. The molecule has 0 atom stereocenters. The molecule has 0 aliphatic carbocycles. The molecule has 0 fully saturated rings. The zero-order valence-corrected chi connectivity index (χ0v) is 15.3. The summed E-state index contributed by atoms with van der Waals surface area (Å²) in [5.41, 5.74) is 13.5. The summed E-state index contributed by atoms with van der Waals surface area (Å²) in [5, 5.41) is 0.407. The van der Waals surface area contributed by atoms with Crippen LogP contribution in [0.5, 0.6) is 0 Å². The molecule has 2 N–H and O–H groups in total. The molecule has 0 aromatic heterocycles. The van der Waals surface area contributed by atoms with E-state index in [2.05, 4.69) is 69.0 Å². The maximum absolute atomic E-state index is 6.20. The van der Waals surface area contributed by atoms with Gasteiger partial charge in [0.05, 0.1) is 11.4 Å². The number of para-hydroxylation sites is 2. The van der Waals surface area contributed by atoms with Gasteiger partial charge in [-0.25, -0.2) is 0 Å². The fourth-order valence-electron chi connectivity index (χ4n) is 3.16. The summed E-state index contributed by atoms with van der Waals surface area (Å²) in [4.78, 5) is 2.08. The largest absolute Gasteiger partial charge is 0.376 e. The molecule has 0 heterocycles. The molecule has 3 heteroatoms. The predicted molar refractivity (Wildman–Crippen MR) is 105 cm³/mol. The molecule has 0 radical (unpaired) electrons. The van der Waals surface area contributed by atoms with Crippen molar-refractivity contribution < 1.29 is 0 Å². The van der Waals surface area contributed by atoms with Gasteiger partial charge in [0.1, 0.15) is 0 Å². The van der Waals surface area contributed by atoms with Gasteiger partial charge in [0, 0.05) is 0 Å². The summed E-state index contributed by atoms with van der Waals surface area (Å²) in [6.45, 7) is 8.64. The van der Waals surface area contributed by atoms with Crippen LogP contribution in [0.2, 0.25) is 0 Å². The van der Waals surface area contributed by atoms with E-state index in [1.807, 2.05) is 0 Å². The number of rotatable bonds is 5. The maximum atomic E-state index is 6.20. The molecule has 23 heavy (non-hydrogen) atoms. The number of nitrogens with zero attached hydrogens (tertiary/aromatic N) is 1. The second-order valence-electron chi connectivity index (χ2n) is 5.74. The topological polar surface area (TPSA) is 29.3 Å². The highest BCUT2D eigenvalue weighted by Crippen LogP contribution is 2.37. The zero-order valence-electron chi connectivity index (χ0n) is 14.5. The lowest BCUT2D eigenvalue weighted by molar-refractivity contribution is 1.05. The van der Waals surface area contributed by atoms with Crippen molar-refractivity contribution in [2.45, 2.75) is 47.0 Å². The van der Waals surface area contributed by atoms with Gasteiger partial charge in [-0.05, 0) is 60.7 Å². The summed E-state index contributed by atoms with van der Waals surface area (Å²) in [6, 6.07) is 12.8. The molecule has 0 saturated heterocycles. The SMILES string of the molecule is CCc1cccc(C)c1N(C(N)=S)c1c(CC)cccc1CC. The van der Waals surface area contributed by atoms with Gasteiger partial charge in [-0.15, -0.1) is 0 Å². The highest BCUT2D eigenvalue weighted by atomic mass is 32.1. The van der Waals surface area contributed by atoms with E-state index >= 15 is 0 Å². The fraction of sp³-hybridized carbons (Fsp3) is 0.350. The molecule has 2 aromatic rings. The highest BCUT2D eigenvalue weighted by molar-refractivity contribution is 7.80. The van der Waals surface area contributed by atoms with E-state index in [-0.39, 0.29) is 0 Å². The van der Waals surface area contributed by atoms with Gasteiger partial charge in [-0.2, -0.15) is 0 Å². The van der Waals surface area contributed by atoms with Gasteiger partial charge in [0.25, 0.3) is 0 Å². The van der Waals surface area contributed by atoms with Gasteiger partial charge in [-0.1, -0.05) is 57.2 Å². The van der Waals surface area contributed by atoms with Crippen molar-refractivity contribution in [2.75, 3.05) is 4.90 Å². The smallest absolute Gasteiger partial charge is 0.175 e. The molecular formula is C20H26N2S. The van der Waals surface area contributed by atoms with Crippen LogP contribution in [0.4, 0.5) is 11.4 Å². The van der Waals surface area contributed by atoms with E-state index in [1.165, 1.54) is 22.3 Å². The van der Waals surface area contributed by atoms with E-state index in [0.717, 1.165) is 30.6 Å². The Hall–Kier alpha value is -1.87. The molecule has 0 amide bonds. The average Bonchev–Trinajstić information content (AvgIpc) is 2.56. The number of hydrogen-bond acceptors (Lipinski definition) is 1. The highest BCUT2D eigenvalue weighted by Gasteiger charge is 2.22. The van der Waals surface area contributed by atoms with Crippen molar-refractivity contribution in [3.05, 3.63) is 58.7 Å². The summed E-state index contributed by atoms with van der Waals surface area (Å²) in [5.74, 6) is 0. The Kier molecular flexibility index (Phi) is 5.78. The van der Waals surface area contributed by atoms with Gasteiger partial charge < -0.3 is 5.73 Å². The Morgan fingerprint density at radius 1 is 0.870 bits per heavy atom. The van der Waals surface area contributed by atoms with Crippen molar-refractivity contribution in [2.24, 2.45) is 5.73 Å². The van der Waals surface area contributed by atoms with Crippen LogP contribution < -0.4 is 10.6 Å². The van der Waals surface area contributed by atoms with Gasteiger partial charge >= 0.3 is 0 Å². The van der Waals surface area contributed by atoms with Crippen molar-refractivity contribution in [1.82, 2.24) is 0 Å². The summed E-state index contributed by atoms with van der Waals surface area (Å²) < 4.78 is 0. The second-order valence-corrected chi connectivity index (χ2v) is 6.16. The third kappa shape index (κ3) is 3.40. The average molecular weight is 327 g/mol. The Morgan fingerprint density at radius 3 is 1.74 bits per heavy atom. The summed E-state index contributed by atoms with van der Waals surface area (Å²) in [6.07, 6.45) is 2.86. The maximum Gasteiger partial charge on any atom is 0.175 e. The first-order valence-electron chi connectivity index (χ1n) is 8.33. The predicted octanol–water partition coefficient (Wildman–Crippen LogP) is 5.06. The van der Waals surface area contributed by atoms with Gasteiger partial charge in [0.15, 0.2) is 5.11 Å². The first kappa shape index (κ1) is 17.5. The van der Waals surface area contributed by atoms with Crippen LogP contribution >= 0.6 is 12.2 Å². The molecule has 0 bridgehead atoms. The van der Waals surface area contributed by atoms with Gasteiger partial charge in [0.2, 0.25) is 0 Å². The van der Waals surface area contributed by atoms with E-state index in [4.69, 9.17) is 18.0 Å². The Morgan fingerprint density at radius 2 is 1.30 bits per heavy atom. The molecule has 0 aliphatic rings. The standard InChI is InChI=1S/C20H26N2S/c1-5-15-11-8-10-14(4)18(15)22(20(21)23)19-16(6-2)12-9-13-17(19)7-3/h8-13H,5-7H2,1-4H3,(H2,21,23). The van der Waals surface area contributed by atoms with Crippen molar-refractivity contribution >= 4 is 28.7 Å². The summed E-state index contributed by atoms with van der Waals surface area (Å²) in [7, 11) is 0. The number of hydrogen-bond donors (Lipinski definition) is 1. The van der Waals surface area contributed by atoms with Crippen LogP contribution in [0.25, 0.3) is 0 Å². The van der Waals surface area contributed by atoms with Crippen molar-refractivity contribution in [3.63, 3.8) is 0 Å². The molecular weight excluding hydrogens is 300 g/mol. The first-order chi connectivity index (χ1) is 11.0. The zero-order chi connectivity index (χ0) is 17.0. The molecule has 0 unspecified atom stereocenters. The fourth-order valence-corrected chi connectivity index (χ4v) is 3.34. The van der Waals surface area contributed by atoms with Crippen LogP contribution in [-0.4, -0.2) is 5.11 Å². The number of thiocarbonyl (C=S) groups is 1. The molecule has 0 aliphatic heterocycles. The van der Waals surface area contributed by atoms with Crippen LogP contribution in [-0.2, 0) is 19.3 Å². The Bertz CT molecular complexity index is 685. The minimum absolute atomic E-state index is 0.407. The van der Waals surface area contributed by atoms with E-state index in [9.17, 15) is 0 Å². The third-order valence-electron chi connectivity index (χ3n) is 4.33. The Labute approximate surface area is 145 Å². The van der Waals surface area contributed by atoms with Crippen LogP contribution in [0, 0.1) is 6.92 Å². The number of nitrogens with two attached hydrogens (primary N) is 1. The minimum Gasteiger partial charge on any atom is -0.376 e.